The van der Waals surface area contributed by atoms with E-state index in [1.807, 2.05) is 18.2 Å². The Morgan fingerprint density at radius 3 is 2.31 bits per heavy atom. The van der Waals surface area contributed by atoms with Gasteiger partial charge in [0.25, 0.3) is 0 Å². The molecule has 4 nitrogen and oxygen atoms in total. The third-order valence-electron chi connectivity index (χ3n) is 5.06. The number of aryl methyl sites for hydroxylation is 2. The second-order valence-electron chi connectivity index (χ2n) is 7.12. The molecule has 0 aliphatic carbocycles. The van der Waals surface area contributed by atoms with Gasteiger partial charge in [0.1, 0.15) is 0 Å². The van der Waals surface area contributed by atoms with Gasteiger partial charge in [-0.3, -0.25) is 4.79 Å². The number of anilines is 3. The van der Waals surface area contributed by atoms with E-state index in [4.69, 9.17) is 0 Å². The number of nitrogens with zero attached hydrogens (tertiary/aromatic N) is 1. The number of hydrogen-bond donors (Lipinski definition) is 2. The van der Waals surface area contributed by atoms with Crippen molar-refractivity contribution in [3.8, 4) is 0 Å². The fraction of sp³-hybridized carbons (Fsp3) is 0.409. The van der Waals surface area contributed by atoms with Gasteiger partial charge in [0.2, 0.25) is 5.91 Å². The number of piperidine rings is 1. The zero-order valence-corrected chi connectivity index (χ0v) is 15.8. The summed E-state index contributed by atoms with van der Waals surface area (Å²) in [4.78, 5) is 14.6. The normalized spacial score (nSPS) is 14.2. The lowest BCUT2D eigenvalue weighted by Crippen LogP contribution is -2.29. The molecule has 1 saturated heterocycles. The lowest BCUT2D eigenvalue weighted by molar-refractivity contribution is -0.115. The average molecular weight is 351 g/mol. The zero-order valence-electron chi connectivity index (χ0n) is 15.8. The lowest BCUT2D eigenvalue weighted by atomic mass is 10.1. The monoisotopic (exact) mass is 351 g/mol. The van der Waals surface area contributed by atoms with Gasteiger partial charge in [-0.1, -0.05) is 6.07 Å². The van der Waals surface area contributed by atoms with Gasteiger partial charge in [-0.25, -0.2) is 0 Å². The Labute approximate surface area is 156 Å². The van der Waals surface area contributed by atoms with E-state index in [2.05, 4.69) is 53.6 Å². The predicted octanol–water partition coefficient (Wildman–Crippen LogP) is 4.73. The van der Waals surface area contributed by atoms with Crippen LogP contribution in [0, 0.1) is 13.8 Å². The van der Waals surface area contributed by atoms with Crippen LogP contribution in [0.25, 0.3) is 0 Å². The highest BCUT2D eigenvalue weighted by Gasteiger charge is 2.10. The summed E-state index contributed by atoms with van der Waals surface area (Å²) in [5, 5.41) is 6.30. The van der Waals surface area contributed by atoms with Crippen molar-refractivity contribution in [2.75, 3.05) is 35.2 Å². The molecule has 0 unspecified atom stereocenters. The highest BCUT2D eigenvalue weighted by atomic mass is 16.1. The molecule has 1 heterocycles. The van der Waals surface area contributed by atoms with Crippen LogP contribution in [-0.2, 0) is 4.79 Å². The van der Waals surface area contributed by atoms with E-state index in [1.165, 1.54) is 36.1 Å². The maximum atomic E-state index is 12.1. The van der Waals surface area contributed by atoms with Crippen LogP contribution in [-0.4, -0.2) is 25.5 Å². The first-order chi connectivity index (χ1) is 12.6. The Balaban J connectivity index is 1.43. The van der Waals surface area contributed by atoms with Crippen molar-refractivity contribution in [1.29, 1.82) is 0 Å². The molecule has 0 atom stereocenters. The van der Waals surface area contributed by atoms with Crippen LogP contribution >= 0.6 is 0 Å². The fourth-order valence-electron chi connectivity index (χ4n) is 3.31. The van der Waals surface area contributed by atoms with Crippen molar-refractivity contribution >= 4 is 23.0 Å². The van der Waals surface area contributed by atoms with Crippen LogP contribution in [0.2, 0.25) is 0 Å². The van der Waals surface area contributed by atoms with Crippen molar-refractivity contribution < 1.29 is 4.79 Å². The Kier molecular flexibility index (Phi) is 6.16. The quantitative estimate of drug-likeness (QED) is 0.790. The molecule has 3 rings (SSSR count). The number of rotatable bonds is 6. The molecule has 1 aliphatic heterocycles. The second-order valence-corrected chi connectivity index (χ2v) is 7.12. The fourth-order valence-corrected chi connectivity index (χ4v) is 3.31. The highest BCUT2D eigenvalue weighted by molar-refractivity contribution is 5.91. The Morgan fingerprint density at radius 1 is 0.923 bits per heavy atom. The molecule has 26 heavy (non-hydrogen) atoms. The van der Waals surface area contributed by atoms with E-state index in [-0.39, 0.29) is 5.91 Å². The first kappa shape index (κ1) is 18.3. The zero-order chi connectivity index (χ0) is 18.4. The molecule has 1 aliphatic rings. The van der Waals surface area contributed by atoms with Gasteiger partial charge < -0.3 is 15.5 Å². The number of benzene rings is 2. The molecule has 0 radical (unpaired) electrons. The molecule has 0 spiro atoms. The Bertz CT molecular complexity index is 734. The molecular weight excluding hydrogens is 322 g/mol. The minimum Gasteiger partial charge on any atom is -0.385 e. The predicted molar refractivity (Wildman–Crippen MR) is 110 cm³/mol. The van der Waals surface area contributed by atoms with Crippen molar-refractivity contribution in [1.82, 2.24) is 0 Å². The average Bonchev–Trinajstić information content (AvgIpc) is 2.66. The van der Waals surface area contributed by atoms with Crippen LogP contribution in [0.15, 0.2) is 42.5 Å². The van der Waals surface area contributed by atoms with Crippen molar-refractivity contribution in [2.45, 2.75) is 39.5 Å². The topological polar surface area (TPSA) is 44.4 Å². The summed E-state index contributed by atoms with van der Waals surface area (Å²) in [6, 6.07) is 14.5. The number of carbonyl (C=O) groups is 1. The summed E-state index contributed by atoms with van der Waals surface area (Å²) in [5.41, 5.74) is 5.64. The standard InChI is InChI=1S/C22H29N3O/c1-17-6-7-20(16-18(17)2)24-22(26)12-13-23-19-8-10-21(11-9-19)25-14-4-3-5-15-25/h6-11,16,23H,3-5,12-15H2,1-2H3,(H,24,26). The molecule has 1 fully saturated rings. The van der Waals surface area contributed by atoms with Crippen LogP contribution in [0.5, 0.6) is 0 Å². The van der Waals surface area contributed by atoms with Crippen LogP contribution < -0.4 is 15.5 Å². The Morgan fingerprint density at radius 2 is 1.62 bits per heavy atom. The maximum absolute atomic E-state index is 12.1. The summed E-state index contributed by atoms with van der Waals surface area (Å²) in [5.74, 6) is 0.0330. The molecule has 0 saturated carbocycles. The van der Waals surface area contributed by atoms with Gasteiger partial charge in [-0.15, -0.1) is 0 Å². The number of nitrogens with one attached hydrogen (secondary N) is 2. The van der Waals surface area contributed by atoms with E-state index in [1.54, 1.807) is 0 Å². The number of hydrogen-bond acceptors (Lipinski definition) is 3. The summed E-state index contributed by atoms with van der Waals surface area (Å²) in [7, 11) is 0. The van der Waals surface area contributed by atoms with Gasteiger partial charge in [0.15, 0.2) is 0 Å². The van der Waals surface area contributed by atoms with Crippen LogP contribution in [0.1, 0.15) is 36.8 Å². The summed E-state index contributed by atoms with van der Waals surface area (Å²) < 4.78 is 0. The third kappa shape index (κ3) is 5.01. The maximum Gasteiger partial charge on any atom is 0.226 e. The Hall–Kier alpha value is -2.49. The SMILES string of the molecule is Cc1ccc(NC(=O)CCNc2ccc(N3CCCCC3)cc2)cc1C. The first-order valence-corrected chi connectivity index (χ1v) is 9.58. The summed E-state index contributed by atoms with van der Waals surface area (Å²) in [6.45, 7) is 7.07. The molecular formula is C22H29N3O. The van der Waals surface area contributed by atoms with E-state index >= 15 is 0 Å². The van der Waals surface area contributed by atoms with Gasteiger partial charge in [0.05, 0.1) is 0 Å². The lowest BCUT2D eigenvalue weighted by Gasteiger charge is -2.28. The third-order valence-corrected chi connectivity index (χ3v) is 5.06. The number of amides is 1. The van der Waals surface area contributed by atoms with E-state index < -0.39 is 0 Å². The minimum atomic E-state index is 0.0330. The van der Waals surface area contributed by atoms with Gasteiger partial charge >= 0.3 is 0 Å². The van der Waals surface area contributed by atoms with Crippen LogP contribution in [0.4, 0.5) is 17.1 Å². The smallest absolute Gasteiger partial charge is 0.226 e. The molecule has 2 aromatic carbocycles. The summed E-state index contributed by atoms with van der Waals surface area (Å²) >= 11 is 0. The molecule has 4 heteroatoms. The molecule has 2 N–H and O–H groups in total. The molecule has 2 aromatic rings. The van der Waals surface area contributed by atoms with E-state index in [9.17, 15) is 4.79 Å². The van der Waals surface area contributed by atoms with Crippen molar-refractivity contribution in [3.63, 3.8) is 0 Å². The van der Waals surface area contributed by atoms with E-state index in [0.29, 0.717) is 13.0 Å². The number of carbonyl (C=O) groups excluding carboxylic acids is 1. The second kappa shape index (κ2) is 8.75. The van der Waals surface area contributed by atoms with Gasteiger partial charge in [-0.05, 0) is 80.6 Å². The molecule has 0 bridgehead atoms. The first-order valence-electron chi connectivity index (χ1n) is 9.58. The van der Waals surface area contributed by atoms with E-state index in [0.717, 1.165) is 24.5 Å². The molecule has 138 valence electrons. The van der Waals surface area contributed by atoms with Gasteiger partial charge in [-0.2, -0.15) is 0 Å². The van der Waals surface area contributed by atoms with Gasteiger partial charge in [0, 0.05) is 43.1 Å². The molecule has 0 aromatic heterocycles. The van der Waals surface area contributed by atoms with Crippen LogP contribution in [0.3, 0.4) is 0 Å². The summed E-state index contributed by atoms with van der Waals surface area (Å²) in [6.07, 6.45) is 4.37. The largest absolute Gasteiger partial charge is 0.385 e. The molecule has 1 amide bonds. The van der Waals surface area contributed by atoms with Crippen molar-refractivity contribution in [3.05, 3.63) is 53.6 Å². The van der Waals surface area contributed by atoms with Crippen molar-refractivity contribution in [2.24, 2.45) is 0 Å². The minimum absolute atomic E-state index is 0.0330. The highest BCUT2D eigenvalue weighted by Crippen LogP contribution is 2.21.